The van der Waals surface area contributed by atoms with Crippen molar-refractivity contribution < 1.29 is 52.6 Å². The molecule has 0 atom stereocenters. The van der Waals surface area contributed by atoms with Crippen molar-refractivity contribution in [3.05, 3.63) is 119 Å². The maximum Gasteiger partial charge on any atom is 0.266 e. The third kappa shape index (κ3) is 14.8. The van der Waals surface area contributed by atoms with Crippen LogP contribution in [0, 0.1) is 24.0 Å². The van der Waals surface area contributed by atoms with Crippen LogP contribution in [0.5, 0.6) is 17.6 Å². The van der Waals surface area contributed by atoms with Crippen LogP contribution in [-0.2, 0) is 29.5 Å². The van der Waals surface area contributed by atoms with Gasteiger partial charge in [0.1, 0.15) is 68.8 Å². The molecule has 11 aromatic rings. The number of anilines is 2. The number of hydrogen-bond donors (Lipinski definition) is 1. The summed E-state index contributed by atoms with van der Waals surface area (Å²) < 4.78 is 135. The van der Waals surface area contributed by atoms with E-state index in [-0.39, 0.29) is 55.7 Å². The second-order valence-corrected chi connectivity index (χ2v) is 31.6. The predicted octanol–water partition coefficient (Wildman–Crippen LogP) is 9.56. The van der Waals surface area contributed by atoms with E-state index in [4.69, 9.17) is 20.8 Å². The number of sulfone groups is 3. The largest absolute Gasteiger partial charge is 0.473 e. The molecular weight excluding hydrogens is 1370 g/mol. The van der Waals surface area contributed by atoms with Crippen molar-refractivity contribution in [2.75, 3.05) is 67.8 Å². The van der Waals surface area contributed by atoms with Crippen LogP contribution >= 0.6 is 34.0 Å². The van der Waals surface area contributed by atoms with Gasteiger partial charge in [-0.2, -0.15) is 21.5 Å². The first-order chi connectivity index (χ1) is 46.0. The van der Waals surface area contributed by atoms with Gasteiger partial charge < -0.3 is 24.0 Å². The van der Waals surface area contributed by atoms with Gasteiger partial charge >= 0.3 is 0 Å². The Labute approximate surface area is 559 Å². The molecule has 0 spiro atoms. The molecule has 3 aliphatic heterocycles. The van der Waals surface area contributed by atoms with Crippen molar-refractivity contribution in [2.45, 2.75) is 91.4 Å². The number of nitrogens with zero attached hydrogens (tertiary/aromatic N) is 17. The van der Waals surface area contributed by atoms with Crippen LogP contribution in [0.25, 0.3) is 69.0 Å². The molecule has 36 heteroatoms. The van der Waals surface area contributed by atoms with Gasteiger partial charge in [0.05, 0.1) is 50.4 Å². The fourth-order valence-corrected chi connectivity index (χ4v) is 15.6. The monoisotopic (exact) mass is 1420 g/mol. The first-order valence-electron chi connectivity index (χ1n) is 29.8. The van der Waals surface area contributed by atoms with Gasteiger partial charge in [-0.3, -0.25) is 0 Å². The first-order valence-corrected chi connectivity index (χ1v) is 38.1. The Morgan fingerprint density at radius 3 is 1.20 bits per heavy atom. The van der Waals surface area contributed by atoms with Gasteiger partial charge in [0.2, 0.25) is 17.6 Å². The van der Waals surface area contributed by atoms with E-state index in [1.807, 2.05) is 18.7 Å². The van der Waals surface area contributed by atoms with Crippen LogP contribution in [0.2, 0.25) is 0 Å². The molecule has 0 radical (unpaired) electrons. The molecule has 0 unspecified atom stereocenters. The number of aromatic nitrogens is 14. The standard InChI is InChI=1S/C22H24FN7O3S2.C19H18FN7O3S2.C19H17FN4O3S2/c1-13(2)30-27-22(26-28-30)29-8-6-14(7-9-29)33-21-20-19(24-12-25-21)17(11-34-20)16-5-4-15(10-18(16)23)35(3,31)32;1-32(28,29)12-2-3-13(15(20)8-12)14-9-31-17-16(14)21-10-22-18(17)30-11-4-6-27(7-5-11)19-23-25-26-24-19;1-21-24-7-5-12(6-8-24)27-19-18-17(22-11-23-19)15(10-28-18)14-4-3-13(9-16(14)20)29(2,25)26/h4-5,10-14H,6-9H2,1-3H3;2-3,8-11H,4-7H2,1H3,(H,23,24,25,26);3-4,9-12H,5-8H2,2H3. The maximum atomic E-state index is 14.8. The molecule has 14 rings (SSSR count). The quantitative estimate of drug-likeness (QED) is 0.0933. The van der Waals surface area contributed by atoms with Crippen molar-refractivity contribution in [1.29, 1.82) is 0 Å². The van der Waals surface area contributed by atoms with E-state index in [2.05, 4.69) is 75.8 Å². The number of thiophene rings is 3. The van der Waals surface area contributed by atoms with Gasteiger partial charge in [-0.15, -0.1) is 49.2 Å². The summed E-state index contributed by atoms with van der Waals surface area (Å²) >= 11 is 4.09. The zero-order valence-electron chi connectivity index (χ0n) is 51.8. The second kappa shape index (κ2) is 27.9. The molecule has 3 fully saturated rings. The van der Waals surface area contributed by atoms with E-state index in [1.165, 1.54) is 89.4 Å². The summed E-state index contributed by atoms with van der Waals surface area (Å²) in [5.41, 5.74) is 4.24. The van der Waals surface area contributed by atoms with E-state index in [9.17, 15) is 38.4 Å². The van der Waals surface area contributed by atoms with Crippen LogP contribution in [0.3, 0.4) is 0 Å². The number of H-pyrrole nitrogens is 1. The van der Waals surface area contributed by atoms with Crippen molar-refractivity contribution in [1.82, 2.24) is 75.7 Å². The van der Waals surface area contributed by atoms with Gasteiger partial charge in [-0.05, 0) is 60.7 Å². The molecule has 0 aliphatic carbocycles. The Hall–Kier alpha value is -9.15. The summed E-state index contributed by atoms with van der Waals surface area (Å²) in [5.74, 6) is 0.680. The Bertz CT molecular complexity index is 5050. The number of hydrogen-bond acceptors (Lipinski definition) is 27. The van der Waals surface area contributed by atoms with Gasteiger partial charge in [0.25, 0.3) is 11.9 Å². The summed E-state index contributed by atoms with van der Waals surface area (Å²) in [7, 11) is -10.5. The molecule has 3 aromatic carbocycles. The highest BCUT2D eigenvalue weighted by Crippen LogP contribution is 2.42. The molecule has 11 heterocycles. The normalized spacial score (nSPS) is 15.4. The fraction of sp³-hybridized carbons (Fsp3) is 0.350. The number of fused-ring (bicyclic) bond motifs is 3. The third-order valence-corrected chi connectivity index (χ3v) is 22.2. The molecule has 3 saturated heterocycles. The highest BCUT2D eigenvalue weighted by Gasteiger charge is 2.30. The molecular formula is C60H59F3N18O9S6. The number of aromatic amines is 1. The average Bonchev–Trinajstić information content (AvgIpc) is 1.64. The molecule has 1 N–H and O–H groups in total. The van der Waals surface area contributed by atoms with Crippen LogP contribution in [-0.4, -0.2) is 177 Å². The molecule has 500 valence electrons. The molecule has 27 nitrogen and oxygen atoms in total. The molecule has 3 aliphatic rings. The number of ether oxygens (including phenoxy) is 3. The Kier molecular flexibility index (Phi) is 19.4. The van der Waals surface area contributed by atoms with Crippen LogP contribution in [0.15, 0.2) is 104 Å². The van der Waals surface area contributed by atoms with E-state index in [0.717, 1.165) is 111 Å². The Balaban J connectivity index is 0.000000138. The first kappa shape index (κ1) is 66.9. The molecule has 0 amide bonds. The van der Waals surface area contributed by atoms with Crippen molar-refractivity contribution in [3.63, 3.8) is 0 Å². The highest BCUT2D eigenvalue weighted by atomic mass is 32.2. The lowest BCUT2D eigenvalue weighted by Crippen LogP contribution is -2.39. The van der Waals surface area contributed by atoms with Gasteiger partial charge in [-0.25, -0.2) is 68.3 Å². The maximum absolute atomic E-state index is 14.8. The Morgan fingerprint density at radius 1 is 0.521 bits per heavy atom. The van der Waals surface area contributed by atoms with Crippen LogP contribution in [0.4, 0.5) is 25.1 Å². The minimum Gasteiger partial charge on any atom is -0.473 e. The lowest BCUT2D eigenvalue weighted by Gasteiger charge is -2.30. The number of halogens is 3. The summed E-state index contributed by atoms with van der Waals surface area (Å²) in [5, 5.41) is 33.7. The number of benzene rings is 3. The van der Waals surface area contributed by atoms with Crippen molar-refractivity contribution in [2.24, 2.45) is 0 Å². The van der Waals surface area contributed by atoms with Gasteiger partial charge in [-0.1, -0.05) is 28.4 Å². The summed E-state index contributed by atoms with van der Waals surface area (Å²) in [6.45, 7) is 15.3. The molecule has 0 bridgehead atoms. The topological polar surface area (TPSA) is 320 Å². The lowest BCUT2D eigenvalue weighted by atomic mass is 10.1. The zero-order chi connectivity index (χ0) is 67.6. The van der Waals surface area contributed by atoms with Gasteiger partial charge in [0.15, 0.2) is 29.5 Å². The number of piperidine rings is 3. The van der Waals surface area contributed by atoms with E-state index in [0.29, 0.717) is 80.6 Å². The fourth-order valence-electron chi connectivity index (χ4n) is 10.9. The predicted molar refractivity (Wildman–Crippen MR) is 354 cm³/mol. The number of tetrazole rings is 2. The SMILES string of the molecule is CC(C)n1nnc(N2CCC(Oc3ncnc4c(-c5ccc(S(C)(=O)=O)cc5F)csc34)CC2)n1.CS(=O)(=O)c1ccc(-c2csc3c(OC4CCN(c5nn[nH]n5)CC4)ncnc23)c(F)c1.[C-]#[N+]N1CCC(Oc2ncnc3c(-c4ccc(S(C)(=O)=O)cc4F)csc23)CC1. The number of nitrogens with one attached hydrogen (secondary N) is 1. The van der Waals surface area contributed by atoms with E-state index >= 15 is 0 Å². The van der Waals surface area contributed by atoms with Gasteiger partial charge in [0, 0.05) is 133 Å². The zero-order valence-corrected chi connectivity index (χ0v) is 56.7. The Morgan fingerprint density at radius 2 is 0.885 bits per heavy atom. The van der Waals surface area contributed by atoms with Crippen molar-refractivity contribution >= 4 is 106 Å². The summed E-state index contributed by atoms with van der Waals surface area (Å²) in [6, 6.07) is 11.8. The lowest BCUT2D eigenvalue weighted by molar-refractivity contribution is 0.119. The molecule has 8 aromatic heterocycles. The van der Waals surface area contributed by atoms with E-state index in [1.54, 1.807) is 25.9 Å². The van der Waals surface area contributed by atoms with E-state index < -0.39 is 47.0 Å². The number of rotatable bonds is 15. The second-order valence-electron chi connectivity index (χ2n) is 23.0. The smallest absolute Gasteiger partial charge is 0.266 e. The van der Waals surface area contributed by atoms with Crippen molar-refractivity contribution in [3.8, 4) is 51.0 Å². The summed E-state index contributed by atoms with van der Waals surface area (Å²) in [4.78, 5) is 34.8. The molecule has 96 heavy (non-hydrogen) atoms. The highest BCUT2D eigenvalue weighted by molar-refractivity contribution is 7.91. The third-order valence-electron chi connectivity index (χ3n) is 16.0. The summed E-state index contributed by atoms with van der Waals surface area (Å²) in [6.07, 6.45) is 11.7. The average molecular weight is 1430 g/mol. The minimum absolute atomic E-state index is 0.0346. The minimum atomic E-state index is -3.50. The van der Waals surface area contributed by atoms with Crippen LogP contribution < -0.4 is 24.0 Å². The molecule has 0 saturated carbocycles. The van der Waals surface area contributed by atoms with Crippen LogP contribution in [0.1, 0.15) is 58.4 Å².